The minimum atomic E-state index is -0.979. The molecule has 3 aromatic carbocycles. The van der Waals surface area contributed by atoms with E-state index in [0.717, 1.165) is 23.8 Å². The molecule has 0 aliphatic heterocycles. The third kappa shape index (κ3) is 7.64. The predicted molar refractivity (Wildman–Crippen MR) is 129 cm³/mol. The molecule has 0 saturated carbocycles. The molecule has 0 saturated heterocycles. The van der Waals surface area contributed by atoms with Crippen LogP contribution in [-0.4, -0.2) is 17.0 Å². The van der Waals surface area contributed by atoms with Gasteiger partial charge in [0.1, 0.15) is 24.0 Å². The maximum absolute atomic E-state index is 14.5. The van der Waals surface area contributed by atoms with Crippen LogP contribution in [0.1, 0.15) is 59.8 Å². The fourth-order valence-corrected chi connectivity index (χ4v) is 3.82. The van der Waals surface area contributed by atoms with Crippen molar-refractivity contribution >= 4 is 11.9 Å². The Labute approximate surface area is 203 Å². The molecule has 0 heterocycles. The quantitative estimate of drug-likeness (QED) is 0.348. The molecule has 1 atom stereocenters. The van der Waals surface area contributed by atoms with Crippen LogP contribution in [0.15, 0.2) is 66.7 Å². The first-order valence-electron chi connectivity index (χ1n) is 11.5. The van der Waals surface area contributed by atoms with Crippen LogP contribution in [-0.2, 0) is 17.8 Å². The molecule has 7 heteroatoms. The Morgan fingerprint density at radius 2 is 1.74 bits per heavy atom. The van der Waals surface area contributed by atoms with Gasteiger partial charge in [-0.15, -0.1) is 0 Å². The van der Waals surface area contributed by atoms with Crippen molar-refractivity contribution in [3.8, 4) is 5.75 Å². The molecule has 1 amide bonds. The van der Waals surface area contributed by atoms with Crippen molar-refractivity contribution in [2.75, 3.05) is 0 Å². The highest BCUT2D eigenvalue weighted by Gasteiger charge is 2.23. The highest BCUT2D eigenvalue weighted by atomic mass is 19.1. The summed E-state index contributed by atoms with van der Waals surface area (Å²) < 4.78 is 34.2. The number of hydrogen-bond acceptors (Lipinski definition) is 3. The Bertz CT molecular complexity index is 1160. The normalized spacial score (nSPS) is 11.8. The van der Waals surface area contributed by atoms with Gasteiger partial charge in [-0.05, 0) is 66.3 Å². The lowest BCUT2D eigenvalue weighted by Crippen LogP contribution is -2.31. The second-order valence-corrected chi connectivity index (χ2v) is 8.81. The number of halogens is 2. The Balaban J connectivity index is 1.89. The molecule has 2 N–H and O–H groups in total. The van der Waals surface area contributed by atoms with E-state index in [1.165, 1.54) is 0 Å². The number of carboxylic acid groups (broad SMARTS) is 1. The maximum atomic E-state index is 14.5. The zero-order chi connectivity index (χ0) is 25.4. The zero-order valence-electron chi connectivity index (χ0n) is 19.8. The van der Waals surface area contributed by atoms with E-state index < -0.39 is 29.6 Å². The van der Waals surface area contributed by atoms with Crippen molar-refractivity contribution in [2.45, 2.75) is 45.8 Å². The number of aryl methyl sites for hydroxylation is 1. The Hall–Kier alpha value is -3.74. The van der Waals surface area contributed by atoms with E-state index in [4.69, 9.17) is 9.84 Å². The molecular weight excluding hydrogens is 452 g/mol. The van der Waals surface area contributed by atoms with E-state index in [0.29, 0.717) is 17.7 Å². The molecule has 0 bridgehead atoms. The van der Waals surface area contributed by atoms with Gasteiger partial charge in [-0.1, -0.05) is 44.2 Å². The summed E-state index contributed by atoms with van der Waals surface area (Å²) in [6, 6.07) is 16.8. The number of ether oxygens (including phenoxy) is 1. The zero-order valence-corrected chi connectivity index (χ0v) is 19.8. The number of hydrogen-bond donors (Lipinski definition) is 2. The number of rotatable bonds is 11. The van der Waals surface area contributed by atoms with Gasteiger partial charge < -0.3 is 15.2 Å². The fourth-order valence-electron chi connectivity index (χ4n) is 3.82. The number of carbonyl (C=O) groups is 2. The van der Waals surface area contributed by atoms with Gasteiger partial charge >= 0.3 is 5.97 Å². The second-order valence-electron chi connectivity index (χ2n) is 8.81. The predicted octanol–water partition coefficient (Wildman–Crippen LogP) is 6.08. The first kappa shape index (κ1) is 25.9. The van der Waals surface area contributed by atoms with E-state index in [-0.39, 0.29) is 36.5 Å². The summed E-state index contributed by atoms with van der Waals surface area (Å²) in [7, 11) is 0. The number of carbonyl (C=O) groups excluding carboxylic acids is 1. The molecule has 0 radical (unpaired) electrons. The van der Waals surface area contributed by atoms with Crippen LogP contribution in [0.3, 0.4) is 0 Å². The van der Waals surface area contributed by atoms with E-state index >= 15 is 0 Å². The van der Waals surface area contributed by atoms with Crippen LogP contribution < -0.4 is 10.1 Å². The topological polar surface area (TPSA) is 75.6 Å². The average Bonchev–Trinajstić information content (AvgIpc) is 2.83. The molecule has 0 aliphatic carbocycles. The second kappa shape index (κ2) is 12.1. The molecule has 184 valence electrons. The lowest BCUT2D eigenvalue weighted by molar-refractivity contribution is -0.136. The summed E-state index contributed by atoms with van der Waals surface area (Å²) in [5.74, 6) is -1.89. The molecule has 3 aromatic rings. The van der Waals surface area contributed by atoms with Crippen LogP contribution >= 0.6 is 0 Å². The first-order chi connectivity index (χ1) is 16.7. The summed E-state index contributed by atoms with van der Waals surface area (Å²) in [6.07, 6.45) is 0.405. The van der Waals surface area contributed by atoms with Crippen LogP contribution in [0.5, 0.6) is 5.75 Å². The number of nitrogens with one attached hydrogen (secondary N) is 1. The maximum Gasteiger partial charge on any atom is 0.303 e. The lowest BCUT2D eigenvalue weighted by atomic mass is 9.94. The SMILES string of the molecule is CC(C)CC(NC(=O)c1cc(COc2ccccc2)ccc1CCC(=O)O)c1cc(F)ccc1F. The summed E-state index contributed by atoms with van der Waals surface area (Å²) >= 11 is 0. The van der Waals surface area contributed by atoms with Crippen molar-refractivity contribution in [1.82, 2.24) is 5.32 Å². The van der Waals surface area contributed by atoms with E-state index in [2.05, 4.69) is 5.32 Å². The molecule has 0 aromatic heterocycles. The number of para-hydroxylation sites is 1. The minimum absolute atomic E-state index is 0.0719. The third-order valence-corrected chi connectivity index (χ3v) is 5.52. The van der Waals surface area contributed by atoms with Crippen LogP contribution in [0.25, 0.3) is 0 Å². The van der Waals surface area contributed by atoms with Crippen molar-refractivity contribution in [1.29, 1.82) is 0 Å². The minimum Gasteiger partial charge on any atom is -0.489 e. The van der Waals surface area contributed by atoms with Crippen LogP contribution in [0.2, 0.25) is 0 Å². The summed E-state index contributed by atoms with van der Waals surface area (Å²) in [5.41, 5.74) is 1.63. The van der Waals surface area contributed by atoms with E-state index in [1.807, 2.05) is 44.2 Å². The first-order valence-corrected chi connectivity index (χ1v) is 11.5. The highest BCUT2D eigenvalue weighted by Crippen LogP contribution is 2.26. The summed E-state index contributed by atoms with van der Waals surface area (Å²) in [4.78, 5) is 24.5. The van der Waals surface area contributed by atoms with Gasteiger partial charge in [-0.3, -0.25) is 9.59 Å². The van der Waals surface area contributed by atoms with Gasteiger partial charge in [-0.25, -0.2) is 8.78 Å². The van der Waals surface area contributed by atoms with Gasteiger partial charge in [0.2, 0.25) is 0 Å². The van der Waals surface area contributed by atoms with Gasteiger partial charge in [0, 0.05) is 17.5 Å². The molecule has 0 aliphatic rings. The van der Waals surface area contributed by atoms with Gasteiger partial charge in [-0.2, -0.15) is 0 Å². The van der Waals surface area contributed by atoms with Gasteiger partial charge in [0.05, 0.1) is 6.04 Å². The molecule has 35 heavy (non-hydrogen) atoms. The molecule has 0 spiro atoms. The van der Waals surface area contributed by atoms with E-state index in [9.17, 15) is 18.4 Å². The van der Waals surface area contributed by atoms with Gasteiger partial charge in [0.25, 0.3) is 5.91 Å². The molecule has 5 nitrogen and oxygen atoms in total. The summed E-state index contributed by atoms with van der Waals surface area (Å²) in [5, 5.41) is 12.0. The number of carboxylic acids is 1. The Kier molecular flexibility index (Phi) is 8.95. The molecular formula is C28H29F2NO4. The van der Waals surface area contributed by atoms with Crippen molar-refractivity contribution in [2.24, 2.45) is 5.92 Å². The standard InChI is InChI=1S/C28H29F2NO4/c1-18(2)14-26(24-16-21(29)11-12-25(24)30)31-28(34)23-15-19(8-9-20(23)10-13-27(32)33)17-35-22-6-4-3-5-7-22/h3-9,11-12,15-16,18,26H,10,13-14,17H2,1-2H3,(H,31,34)(H,32,33). The Morgan fingerprint density at radius 3 is 2.43 bits per heavy atom. The highest BCUT2D eigenvalue weighted by molar-refractivity contribution is 5.96. The molecule has 0 fully saturated rings. The Morgan fingerprint density at radius 1 is 1.00 bits per heavy atom. The average molecular weight is 482 g/mol. The van der Waals surface area contributed by atoms with Crippen molar-refractivity contribution < 1.29 is 28.2 Å². The largest absolute Gasteiger partial charge is 0.489 e. The fraction of sp³-hybridized carbons (Fsp3) is 0.286. The molecule has 1 unspecified atom stereocenters. The number of amides is 1. The van der Waals surface area contributed by atoms with E-state index in [1.54, 1.807) is 18.2 Å². The molecule has 3 rings (SSSR count). The van der Waals surface area contributed by atoms with Gasteiger partial charge in [0.15, 0.2) is 0 Å². The van der Waals surface area contributed by atoms with Crippen LogP contribution in [0, 0.1) is 17.6 Å². The number of aliphatic carboxylic acids is 1. The monoisotopic (exact) mass is 481 g/mol. The smallest absolute Gasteiger partial charge is 0.303 e. The van der Waals surface area contributed by atoms with Crippen molar-refractivity contribution in [3.63, 3.8) is 0 Å². The van der Waals surface area contributed by atoms with Crippen molar-refractivity contribution in [3.05, 3.63) is 101 Å². The lowest BCUT2D eigenvalue weighted by Gasteiger charge is -2.23. The van der Waals surface area contributed by atoms with Crippen LogP contribution in [0.4, 0.5) is 8.78 Å². The number of benzene rings is 3. The third-order valence-electron chi connectivity index (χ3n) is 5.52. The summed E-state index contributed by atoms with van der Waals surface area (Å²) in [6.45, 7) is 4.06.